The zero-order valence-electron chi connectivity index (χ0n) is 7.55. The number of hydrogen-bond donors (Lipinski definition) is 1. The molecule has 0 spiro atoms. The molecule has 0 amide bonds. The van der Waals surface area contributed by atoms with Crippen molar-refractivity contribution >= 4 is 5.78 Å². The van der Waals surface area contributed by atoms with Crippen molar-refractivity contribution in [1.29, 1.82) is 0 Å². The number of allylic oxidation sites excluding steroid dienone is 2. The van der Waals surface area contributed by atoms with Crippen LogP contribution in [0.2, 0.25) is 0 Å². The summed E-state index contributed by atoms with van der Waals surface area (Å²) >= 11 is 0. The molecule has 2 heteroatoms. The van der Waals surface area contributed by atoms with Crippen molar-refractivity contribution in [3.63, 3.8) is 0 Å². The first-order valence-electron chi connectivity index (χ1n) is 4.04. The van der Waals surface area contributed by atoms with Crippen LogP contribution in [-0.4, -0.2) is 17.0 Å². The highest BCUT2D eigenvalue weighted by atomic mass is 16.3. The van der Waals surface area contributed by atoms with Crippen LogP contribution in [-0.2, 0) is 4.79 Å². The van der Waals surface area contributed by atoms with Gasteiger partial charge in [-0.3, -0.25) is 4.79 Å². The molecular weight excluding hydrogens is 152 g/mol. The van der Waals surface area contributed by atoms with Gasteiger partial charge in [-0.2, -0.15) is 0 Å². The molecule has 1 unspecified atom stereocenters. The van der Waals surface area contributed by atoms with Crippen LogP contribution in [0, 0.1) is 0 Å². The molecule has 0 saturated heterocycles. The molecule has 0 aromatic heterocycles. The number of Topliss-reactive ketones (excluding diaryl/α,β-unsaturated/α-hetero) is 1. The minimum absolute atomic E-state index is 0.0201. The van der Waals surface area contributed by atoms with Crippen molar-refractivity contribution in [2.45, 2.75) is 32.3 Å². The van der Waals surface area contributed by atoms with Crippen LogP contribution in [0.4, 0.5) is 0 Å². The number of rotatable bonds is 6. The normalized spacial score (nSPS) is 12.2. The topological polar surface area (TPSA) is 37.3 Å². The van der Waals surface area contributed by atoms with Crippen molar-refractivity contribution in [3.8, 4) is 0 Å². The lowest BCUT2D eigenvalue weighted by molar-refractivity contribution is -0.118. The molecule has 0 aromatic rings. The van der Waals surface area contributed by atoms with E-state index in [4.69, 9.17) is 0 Å². The van der Waals surface area contributed by atoms with Crippen LogP contribution in [0.25, 0.3) is 0 Å². The summed E-state index contributed by atoms with van der Waals surface area (Å²) in [5.74, 6) is 0.0201. The number of hydrogen-bond acceptors (Lipinski definition) is 2. The Kier molecular flexibility index (Phi) is 5.30. The summed E-state index contributed by atoms with van der Waals surface area (Å²) in [6, 6.07) is 0. The van der Waals surface area contributed by atoms with Crippen LogP contribution in [0.1, 0.15) is 26.2 Å². The zero-order valence-corrected chi connectivity index (χ0v) is 7.55. The highest BCUT2D eigenvalue weighted by molar-refractivity contribution is 5.75. The summed E-state index contributed by atoms with van der Waals surface area (Å²) in [4.78, 5) is 10.6. The molecular formula is C10H16O2. The van der Waals surface area contributed by atoms with Crippen LogP contribution in [0.3, 0.4) is 0 Å². The van der Waals surface area contributed by atoms with Gasteiger partial charge in [-0.05, 0) is 19.8 Å². The van der Waals surface area contributed by atoms with E-state index in [0.717, 1.165) is 5.57 Å². The van der Waals surface area contributed by atoms with Crippen molar-refractivity contribution in [2.75, 3.05) is 0 Å². The maximum absolute atomic E-state index is 10.6. The third kappa shape index (κ3) is 5.86. The number of carbonyl (C=O) groups is 1. The lowest BCUT2D eigenvalue weighted by atomic mass is 10.1. The lowest BCUT2D eigenvalue weighted by Gasteiger charge is -2.07. The minimum atomic E-state index is -0.529. The Hall–Kier alpha value is -0.890. The molecule has 2 nitrogen and oxygen atoms in total. The Bertz CT molecular complexity index is 182. The van der Waals surface area contributed by atoms with Gasteiger partial charge < -0.3 is 5.11 Å². The van der Waals surface area contributed by atoms with Gasteiger partial charge in [-0.15, -0.1) is 0 Å². The van der Waals surface area contributed by atoms with Gasteiger partial charge in [0.2, 0.25) is 0 Å². The predicted octanol–water partition coefficient (Wildman–Crippen LogP) is 1.85. The standard InChI is InChI=1S/C10H16O2/c1-4-8(2)5-6-10(12)7-9(3)11/h4,10,12H,1-2,5-7H2,3H3. The van der Waals surface area contributed by atoms with Gasteiger partial charge in [0.05, 0.1) is 6.10 Å². The first-order chi connectivity index (χ1) is 5.56. The van der Waals surface area contributed by atoms with Crippen LogP contribution in [0.5, 0.6) is 0 Å². The Labute approximate surface area is 73.6 Å². The monoisotopic (exact) mass is 168 g/mol. The largest absolute Gasteiger partial charge is 0.393 e. The van der Waals surface area contributed by atoms with Crippen LogP contribution in [0.15, 0.2) is 24.8 Å². The summed E-state index contributed by atoms with van der Waals surface area (Å²) in [7, 11) is 0. The third-order valence-electron chi connectivity index (χ3n) is 1.61. The highest BCUT2D eigenvalue weighted by Crippen LogP contribution is 2.08. The summed E-state index contributed by atoms with van der Waals surface area (Å²) < 4.78 is 0. The Morgan fingerprint density at radius 2 is 2.25 bits per heavy atom. The fraction of sp³-hybridized carbons (Fsp3) is 0.500. The van der Waals surface area contributed by atoms with Crippen molar-refractivity contribution < 1.29 is 9.90 Å². The summed E-state index contributed by atoms with van der Waals surface area (Å²) in [5.41, 5.74) is 0.901. The molecule has 0 aromatic carbocycles. The Morgan fingerprint density at radius 3 is 2.67 bits per heavy atom. The first kappa shape index (κ1) is 11.1. The maximum Gasteiger partial charge on any atom is 0.132 e. The SMILES string of the molecule is C=CC(=C)CCC(O)CC(C)=O. The molecule has 0 bridgehead atoms. The van der Waals surface area contributed by atoms with E-state index in [1.54, 1.807) is 6.08 Å². The Balaban J connectivity index is 3.56. The number of aliphatic hydroxyl groups excluding tert-OH is 1. The average Bonchev–Trinajstić information content (AvgIpc) is 1.99. The van der Waals surface area contributed by atoms with E-state index in [2.05, 4.69) is 13.2 Å². The second kappa shape index (κ2) is 5.72. The number of carbonyl (C=O) groups excluding carboxylic acids is 1. The first-order valence-corrected chi connectivity index (χ1v) is 4.04. The maximum atomic E-state index is 10.6. The summed E-state index contributed by atoms with van der Waals surface area (Å²) in [6.45, 7) is 8.74. The van der Waals surface area contributed by atoms with Gasteiger partial charge in [-0.25, -0.2) is 0 Å². The molecule has 0 heterocycles. The molecule has 0 radical (unpaired) electrons. The number of ketones is 1. The van der Waals surface area contributed by atoms with E-state index in [1.807, 2.05) is 0 Å². The predicted molar refractivity (Wildman–Crippen MR) is 49.9 cm³/mol. The second-order valence-electron chi connectivity index (χ2n) is 2.96. The van der Waals surface area contributed by atoms with Crippen molar-refractivity contribution in [3.05, 3.63) is 24.8 Å². The third-order valence-corrected chi connectivity index (χ3v) is 1.61. The van der Waals surface area contributed by atoms with E-state index in [0.29, 0.717) is 12.8 Å². The van der Waals surface area contributed by atoms with E-state index in [1.165, 1.54) is 6.92 Å². The quantitative estimate of drug-likeness (QED) is 0.614. The second-order valence-corrected chi connectivity index (χ2v) is 2.96. The fourth-order valence-corrected chi connectivity index (χ4v) is 0.888. The summed E-state index contributed by atoms with van der Waals surface area (Å²) in [5, 5.41) is 9.27. The number of aliphatic hydroxyl groups is 1. The molecule has 1 atom stereocenters. The molecule has 0 rings (SSSR count). The van der Waals surface area contributed by atoms with Crippen molar-refractivity contribution in [2.24, 2.45) is 0 Å². The smallest absolute Gasteiger partial charge is 0.132 e. The Morgan fingerprint density at radius 1 is 1.67 bits per heavy atom. The zero-order chi connectivity index (χ0) is 9.56. The minimum Gasteiger partial charge on any atom is -0.393 e. The van der Waals surface area contributed by atoms with E-state index in [-0.39, 0.29) is 12.2 Å². The van der Waals surface area contributed by atoms with Gasteiger partial charge in [0.1, 0.15) is 5.78 Å². The molecule has 68 valence electrons. The summed E-state index contributed by atoms with van der Waals surface area (Å²) in [6.07, 6.45) is 2.67. The molecule has 0 aliphatic carbocycles. The van der Waals surface area contributed by atoms with Crippen LogP contribution < -0.4 is 0 Å². The molecule has 12 heavy (non-hydrogen) atoms. The fourth-order valence-electron chi connectivity index (χ4n) is 0.888. The van der Waals surface area contributed by atoms with Gasteiger partial charge in [-0.1, -0.05) is 24.8 Å². The van der Waals surface area contributed by atoms with Gasteiger partial charge in [0, 0.05) is 6.42 Å². The van der Waals surface area contributed by atoms with Gasteiger partial charge >= 0.3 is 0 Å². The van der Waals surface area contributed by atoms with Gasteiger partial charge in [0.25, 0.3) is 0 Å². The average molecular weight is 168 g/mol. The molecule has 0 saturated carbocycles. The lowest BCUT2D eigenvalue weighted by Crippen LogP contribution is -2.10. The van der Waals surface area contributed by atoms with Crippen LogP contribution >= 0.6 is 0 Å². The molecule has 0 aliphatic heterocycles. The van der Waals surface area contributed by atoms with E-state index >= 15 is 0 Å². The van der Waals surface area contributed by atoms with E-state index < -0.39 is 6.10 Å². The van der Waals surface area contributed by atoms with Crippen molar-refractivity contribution in [1.82, 2.24) is 0 Å². The van der Waals surface area contributed by atoms with Gasteiger partial charge in [0.15, 0.2) is 0 Å². The van der Waals surface area contributed by atoms with E-state index in [9.17, 15) is 9.90 Å². The highest BCUT2D eigenvalue weighted by Gasteiger charge is 2.06. The molecule has 0 fully saturated rings. The molecule has 1 N–H and O–H groups in total. The molecule has 0 aliphatic rings.